The summed E-state index contributed by atoms with van der Waals surface area (Å²) >= 11 is 6.14. The first-order chi connectivity index (χ1) is 13.2. The van der Waals surface area contributed by atoms with Gasteiger partial charge in [-0.05, 0) is 60.9 Å². The van der Waals surface area contributed by atoms with Crippen LogP contribution in [0.1, 0.15) is 36.2 Å². The number of ether oxygens (including phenoxy) is 1. The highest BCUT2D eigenvalue weighted by Gasteiger charge is 2.27. The molecule has 0 saturated heterocycles. The van der Waals surface area contributed by atoms with Gasteiger partial charge in [-0.25, -0.2) is 0 Å². The molecule has 0 amide bonds. The summed E-state index contributed by atoms with van der Waals surface area (Å²) in [6, 6.07) is 21.3. The number of benzene rings is 2. The number of aromatic nitrogens is 1. The Hall–Kier alpha value is -2.23. The second-order valence-corrected chi connectivity index (χ2v) is 7.42. The third kappa shape index (κ3) is 4.05. The van der Waals surface area contributed by atoms with Crippen molar-refractivity contribution < 1.29 is 4.74 Å². The van der Waals surface area contributed by atoms with Crippen LogP contribution in [0, 0.1) is 0 Å². The Morgan fingerprint density at radius 1 is 1.04 bits per heavy atom. The minimum absolute atomic E-state index is 0.218. The summed E-state index contributed by atoms with van der Waals surface area (Å²) in [7, 11) is 0. The topological polar surface area (TPSA) is 17.4 Å². The summed E-state index contributed by atoms with van der Waals surface area (Å²) in [5.74, 6) is 0.941. The molecule has 0 fully saturated rings. The first-order valence-electron chi connectivity index (χ1n) is 9.61. The maximum Gasteiger partial charge on any atom is 0.119 e. The first kappa shape index (κ1) is 18.1. The van der Waals surface area contributed by atoms with E-state index in [0.29, 0.717) is 6.61 Å². The van der Waals surface area contributed by atoms with Crippen molar-refractivity contribution in [3.63, 3.8) is 0 Å². The zero-order chi connectivity index (χ0) is 18.6. The van der Waals surface area contributed by atoms with Crippen LogP contribution in [0.4, 0.5) is 0 Å². The van der Waals surface area contributed by atoms with Crippen LogP contribution in [0.3, 0.4) is 0 Å². The van der Waals surface area contributed by atoms with Gasteiger partial charge in [-0.15, -0.1) is 0 Å². The maximum absolute atomic E-state index is 6.14. The van der Waals surface area contributed by atoms with Crippen LogP contribution < -0.4 is 4.74 Å². The molecule has 0 N–H and O–H groups in total. The van der Waals surface area contributed by atoms with Crippen LogP contribution >= 0.6 is 11.6 Å². The molecular formula is C23H25ClN2O. The Kier molecular flexibility index (Phi) is 5.51. The Morgan fingerprint density at radius 2 is 1.89 bits per heavy atom. The molecule has 0 spiro atoms. The lowest BCUT2D eigenvalue weighted by Crippen LogP contribution is -2.29. The lowest BCUT2D eigenvalue weighted by atomic mass is 10.0. The van der Waals surface area contributed by atoms with Crippen LogP contribution in [0.2, 0.25) is 5.02 Å². The molecular weight excluding hydrogens is 356 g/mol. The highest BCUT2D eigenvalue weighted by Crippen LogP contribution is 2.33. The van der Waals surface area contributed by atoms with Crippen LogP contribution in [-0.2, 0) is 13.1 Å². The molecule has 1 atom stereocenters. The zero-order valence-electron chi connectivity index (χ0n) is 15.6. The van der Waals surface area contributed by atoms with E-state index in [1.165, 1.54) is 16.8 Å². The number of hydrogen-bond acceptors (Lipinski definition) is 2. The molecule has 0 aliphatic carbocycles. The van der Waals surface area contributed by atoms with E-state index >= 15 is 0 Å². The molecule has 2 aromatic carbocycles. The van der Waals surface area contributed by atoms with E-state index < -0.39 is 0 Å². The second kappa shape index (κ2) is 8.20. The van der Waals surface area contributed by atoms with Gasteiger partial charge in [-0.1, -0.05) is 35.9 Å². The number of halogens is 1. The van der Waals surface area contributed by atoms with Crippen molar-refractivity contribution in [3.8, 4) is 5.75 Å². The first-order valence-corrected chi connectivity index (χ1v) is 9.98. The Labute approximate surface area is 166 Å². The quantitative estimate of drug-likeness (QED) is 0.578. The average Bonchev–Trinajstić information content (AvgIpc) is 3.05. The van der Waals surface area contributed by atoms with Gasteiger partial charge in [0.15, 0.2) is 0 Å². The van der Waals surface area contributed by atoms with E-state index in [0.717, 1.165) is 36.8 Å². The molecule has 1 aliphatic rings. The molecule has 140 valence electrons. The molecule has 4 rings (SSSR count). The van der Waals surface area contributed by atoms with Crippen molar-refractivity contribution >= 4 is 11.6 Å². The third-order valence-corrected chi connectivity index (χ3v) is 5.39. The number of aryl methyl sites for hydroxylation is 1. The predicted octanol–water partition coefficient (Wildman–Crippen LogP) is 5.54. The number of rotatable bonds is 5. The minimum Gasteiger partial charge on any atom is -0.494 e. The largest absolute Gasteiger partial charge is 0.494 e. The summed E-state index contributed by atoms with van der Waals surface area (Å²) in [5, 5.41) is 0.777. The lowest BCUT2D eigenvalue weighted by molar-refractivity contribution is 0.220. The van der Waals surface area contributed by atoms with Crippen molar-refractivity contribution in [2.24, 2.45) is 0 Å². The summed E-state index contributed by atoms with van der Waals surface area (Å²) in [6.45, 7) is 5.70. The van der Waals surface area contributed by atoms with E-state index in [1.807, 2.05) is 25.1 Å². The lowest BCUT2D eigenvalue weighted by Gasteiger charge is -2.31. The van der Waals surface area contributed by atoms with Crippen molar-refractivity contribution in [1.29, 1.82) is 0 Å². The third-order valence-electron chi connectivity index (χ3n) is 5.14. The van der Waals surface area contributed by atoms with Crippen LogP contribution in [0.5, 0.6) is 5.75 Å². The fourth-order valence-corrected chi connectivity index (χ4v) is 4.10. The highest BCUT2D eigenvalue weighted by molar-refractivity contribution is 6.30. The molecule has 3 aromatic rings. The summed E-state index contributed by atoms with van der Waals surface area (Å²) < 4.78 is 8.08. The molecule has 3 nitrogen and oxygen atoms in total. The van der Waals surface area contributed by atoms with E-state index in [4.69, 9.17) is 16.3 Å². The van der Waals surface area contributed by atoms with Crippen LogP contribution in [0.15, 0.2) is 66.9 Å². The van der Waals surface area contributed by atoms with E-state index in [-0.39, 0.29) is 6.04 Å². The summed E-state index contributed by atoms with van der Waals surface area (Å²) in [6.07, 6.45) is 3.33. The van der Waals surface area contributed by atoms with Gasteiger partial charge in [0.25, 0.3) is 0 Å². The number of fused-ring (bicyclic) bond motifs is 1. The van der Waals surface area contributed by atoms with Gasteiger partial charge in [-0.3, -0.25) is 4.90 Å². The predicted molar refractivity (Wildman–Crippen MR) is 110 cm³/mol. The molecule has 27 heavy (non-hydrogen) atoms. The van der Waals surface area contributed by atoms with Gasteiger partial charge in [0.1, 0.15) is 5.75 Å². The van der Waals surface area contributed by atoms with Gasteiger partial charge < -0.3 is 9.30 Å². The summed E-state index contributed by atoms with van der Waals surface area (Å²) in [4.78, 5) is 2.56. The average molecular weight is 381 g/mol. The van der Waals surface area contributed by atoms with Gasteiger partial charge in [0.05, 0.1) is 12.6 Å². The van der Waals surface area contributed by atoms with E-state index in [9.17, 15) is 0 Å². The Bertz CT molecular complexity index is 887. The minimum atomic E-state index is 0.218. The van der Waals surface area contributed by atoms with Gasteiger partial charge in [0.2, 0.25) is 0 Å². The van der Waals surface area contributed by atoms with Crippen LogP contribution in [-0.4, -0.2) is 22.6 Å². The molecule has 4 heteroatoms. The molecule has 0 radical (unpaired) electrons. The molecule has 1 unspecified atom stereocenters. The Morgan fingerprint density at radius 3 is 2.70 bits per heavy atom. The van der Waals surface area contributed by atoms with Crippen molar-refractivity contribution in [3.05, 3.63) is 88.7 Å². The monoisotopic (exact) mass is 380 g/mol. The number of hydrogen-bond donors (Lipinski definition) is 0. The fraction of sp³-hybridized carbons (Fsp3) is 0.304. The van der Waals surface area contributed by atoms with Gasteiger partial charge >= 0.3 is 0 Å². The molecule has 1 aliphatic heterocycles. The van der Waals surface area contributed by atoms with E-state index in [1.54, 1.807) is 0 Å². The van der Waals surface area contributed by atoms with Crippen molar-refractivity contribution in [2.75, 3.05) is 13.2 Å². The summed E-state index contributed by atoms with van der Waals surface area (Å²) in [5.41, 5.74) is 3.90. The Balaban J connectivity index is 1.69. The van der Waals surface area contributed by atoms with Gasteiger partial charge in [-0.2, -0.15) is 0 Å². The van der Waals surface area contributed by atoms with Crippen molar-refractivity contribution in [2.45, 2.75) is 32.5 Å². The van der Waals surface area contributed by atoms with Crippen LogP contribution in [0.25, 0.3) is 0 Å². The SMILES string of the molecule is CCOc1cccc(CN2CCCn3cccc3C2c2ccc(Cl)cc2)c1. The normalized spacial score (nSPS) is 17.3. The van der Waals surface area contributed by atoms with Crippen molar-refractivity contribution in [1.82, 2.24) is 9.47 Å². The van der Waals surface area contributed by atoms with Gasteiger partial charge in [0, 0.05) is 36.5 Å². The molecule has 0 bridgehead atoms. The standard InChI is InChI=1S/C23H25ClN2O/c1-2-27-21-7-3-6-18(16-21)17-26-15-5-14-25-13-4-8-22(25)23(26)19-9-11-20(24)12-10-19/h3-4,6-13,16,23H,2,5,14-15,17H2,1H3. The second-order valence-electron chi connectivity index (χ2n) is 6.98. The highest BCUT2D eigenvalue weighted by atomic mass is 35.5. The molecule has 0 saturated carbocycles. The fourth-order valence-electron chi connectivity index (χ4n) is 3.97. The van der Waals surface area contributed by atoms with E-state index in [2.05, 4.69) is 58.1 Å². The number of nitrogens with zero attached hydrogens (tertiary/aromatic N) is 2. The molecule has 2 heterocycles. The molecule has 1 aromatic heterocycles. The zero-order valence-corrected chi connectivity index (χ0v) is 16.4. The maximum atomic E-state index is 6.14. The smallest absolute Gasteiger partial charge is 0.119 e.